The largest absolute Gasteiger partial charge is 0.380 e. The maximum Gasteiger partial charge on any atom is 0.141 e. The second-order valence-electron chi connectivity index (χ2n) is 4.78. The van der Waals surface area contributed by atoms with Crippen LogP contribution >= 0.6 is 0 Å². The summed E-state index contributed by atoms with van der Waals surface area (Å²) in [6, 6.07) is 0. The molecule has 0 amide bonds. The average Bonchev–Trinajstić information content (AvgIpc) is 2.46. The van der Waals surface area contributed by atoms with E-state index in [-0.39, 0.29) is 12.0 Å². The van der Waals surface area contributed by atoms with Crippen LogP contribution in [0.3, 0.4) is 0 Å². The number of hydrogen-bond donors (Lipinski definition) is 0. The Hall–Kier alpha value is -0.450. The van der Waals surface area contributed by atoms with Crippen LogP contribution in [0.2, 0.25) is 0 Å². The summed E-state index contributed by atoms with van der Waals surface area (Å²) < 4.78 is 11.0. The molecule has 0 N–H and O–H groups in total. The fourth-order valence-corrected chi connectivity index (χ4v) is 2.41. The van der Waals surface area contributed by atoms with E-state index in [1.807, 2.05) is 0 Å². The van der Waals surface area contributed by atoms with E-state index in [0.29, 0.717) is 25.4 Å². The van der Waals surface area contributed by atoms with Crippen LogP contribution in [0.4, 0.5) is 0 Å². The minimum atomic E-state index is 0.0825. The average molecular weight is 227 g/mol. The molecule has 2 aliphatic rings. The number of hydrogen-bond acceptors (Lipinski definition) is 4. The lowest BCUT2D eigenvalue weighted by molar-refractivity contribution is -0.131. The summed E-state index contributed by atoms with van der Waals surface area (Å²) in [5, 5.41) is 0. The number of rotatable bonds is 2. The molecule has 4 nitrogen and oxygen atoms in total. The molecule has 0 aromatic carbocycles. The Kier molecular flexibility index (Phi) is 4.32. The van der Waals surface area contributed by atoms with Crippen LogP contribution in [0, 0.1) is 5.92 Å². The molecule has 4 heteroatoms. The Labute approximate surface area is 96.9 Å². The molecule has 2 atom stereocenters. The van der Waals surface area contributed by atoms with Crippen molar-refractivity contribution in [1.82, 2.24) is 4.90 Å². The molecule has 0 aromatic heterocycles. The van der Waals surface area contributed by atoms with Gasteiger partial charge in [-0.1, -0.05) is 0 Å². The number of Topliss-reactive ketones (excluding diaryl/α,β-unsaturated/α-hetero) is 1. The van der Waals surface area contributed by atoms with E-state index in [1.165, 1.54) is 0 Å². The third kappa shape index (κ3) is 3.27. The second kappa shape index (κ2) is 5.75. The predicted octanol–water partition coefficient (Wildman–Crippen LogP) is 0.703. The van der Waals surface area contributed by atoms with Crippen LogP contribution in [0.25, 0.3) is 0 Å². The summed E-state index contributed by atoms with van der Waals surface area (Å²) in [5.41, 5.74) is 0. The van der Waals surface area contributed by atoms with E-state index in [4.69, 9.17) is 9.47 Å². The van der Waals surface area contributed by atoms with E-state index in [2.05, 4.69) is 11.8 Å². The van der Waals surface area contributed by atoms with Crippen LogP contribution in [0.5, 0.6) is 0 Å². The first-order valence-corrected chi connectivity index (χ1v) is 6.20. The Bertz CT molecular complexity index is 244. The number of nitrogens with zero attached hydrogens (tertiary/aromatic N) is 1. The normalized spacial score (nSPS) is 33.7. The lowest BCUT2D eigenvalue weighted by atomic mass is 10.00. The van der Waals surface area contributed by atoms with Gasteiger partial charge in [0, 0.05) is 32.7 Å². The standard InChI is InChI=1S/C12H21NO3/c1-10-7-13(4-2-5-16-10)8-11-9-15-6-3-12(11)14/h10-11H,2-9H2,1H3. The molecule has 0 radical (unpaired) electrons. The van der Waals surface area contributed by atoms with E-state index in [9.17, 15) is 4.79 Å². The molecule has 0 aromatic rings. The van der Waals surface area contributed by atoms with Crippen molar-refractivity contribution in [2.75, 3.05) is 39.5 Å². The van der Waals surface area contributed by atoms with Crippen molar-refractivity contribution in [2.45, 2.75) is 25.9 Å². The van der Waals surface area contributed by atoms with Gasteiger partial charge in [0.2, 0.25) is 0 Å². The number of ether oxygens (including phenoxy) is 2. The van der Waals surface area contributed by atoms with Gasteiger partial charge >= 0.3 is 0 Å². The smallest absolute Gasteiger partial charge is 0.141 e. The second-order valence-corrected chi connectivity index (χ2v) is 4.78. The Balaban J connectivity index is 1.84. The van der Waals surface area contributed by atoms with Gasteiger partial charge in [-0.25, -0.2) is 0 Å². The summed E-state index contributed by atoms with van der Waals surface area (Å²) in [4.78, 5) is 14.0. The van der Waals surface area contributed by atoms with E-state index < -0.39 is 0 Å². The molecule has 2 fully saturated rings. The lowest BCUT2D eigenvalue weighted by Gasteiger charge is -2.28. The van der Waals surface area contributed by atoms with Crippen LogP contribution in [0.1, 0.15) is 19.8 Å². The van der Waals surface area contributed by atoms with E-state index in [0.717, 1.165) is 32.7 Å². The summed E-state index contributed by atoms with van der Waals surface area (Å²) in [6.45, 7) is 6.95. The van der Waals surface area contributed by atoms with Gasteiger partial charge in [-0.15, -0.1) is 0 Å². The zero-order valence-corrected chi connectivity index (χ0v) is 9.98. The monoisotopic (exact) mass is 227 g/mol. The zero-order chi connectivity index (χ0) is 11.4. The third-order valence-electron chi connectivity index (χ3n) is 3.28. The van der Waals surface area contributed by atoms with Gasteiger partial charge in [0.15, 0.2) is 0 Å². The first kappa shape index (κ1) is 12.0. The van der Waals surface area contributed by atoms with Gasteiger partial charge in [0.25, 0.3) is 0 Å². The van der Waals surface area contributed by atoms with Crippen LogP contribution < -0.4 is 0 Å². The molecule has 2 aliphatic heterocycles. The zero-order valence-electron chi connectivity index (χ0n) is 9.98. The van der Waals surface area contributed by atoms with Crippen molar-refractivity contribution in [3.8, 4) is 0 Å². The number of ketones is 1. The minimum absolute atomic E-state index is 0.0825. The van der Waals surface area contributed by atoms with Gasteiger partial charge in [0.05, 0.1) is 25.2 Å². The first-order valence-electron chi connectivity index (χ1n) is 6.20. The highest BCUT2D eigenvalue weighted by Crippen LogP contribution is 2.14. The maximum absolute atomic E-state index is 11.7. The summed E-state index contributed by atoms with van der Waals surface area (Å²) in [5.74, 6) is 0.447. The molecule has 2 unspecified atom stereocenters. The number of carbonyl (C=O) groups is 1. The molecule has 0 bridgehead atoms. The van der Waals surface area contributed by atoms with Gasteiger partial charge in [-0.2, -0.15) is 0 Å². The van der Waals surface area contributed by atoms with Crippen molar-refractivity contribution in [3.63, 3.8) is 0 Å². The molecule has 0 saturated carbocycles. The van der Waals surface area contributed by atoms with Gasteiger partial charge < -0.3 is 9.47 Å². The Morgan fingerprint density at radius 3 is 3.12 bits per heavy atom. The molecule has 2 saturated heterocycles. The van der Waals surface area contributed by atoms with Crippen molar-refractivity contribution in [2.24, 2.45) is 5.92 Å². The van der Waals surface area contributed by atoms with Crippen LogP contribution in [0.15, 0.2) is 0 Å². The first-order chi connectivity index (χ1) is 7.75. The maximum atomic E-state index is 11.7. The molecule has 0 spiro atoms. The fraction of sp³-hybridized carbons (Fsp3) is 0.917. The molecule has 2 heterocycles. The van der Waals surface area contributed by atoms with Crippen LogP contribution in [-0.2, 0) is 14.3 Å². The van der Waals surface area contributed by atoms with Gasteiger partial charge in [-0.3, -0.25) is 9.69 Å². The molecular weight excluding hydrogens is 206 g/mol. The van der Waals surface area contributed by atoms with Crippen molar-refractivity contribution in [1.29, 1.82) is 0 Å². The highest BCUT2D eigenvalue weighted by Gasteiger charge is 2.26. The van der Waals surface area contributed by atoms with Gasteiger partial charge in [0.1, 0.15) is 5.78 Å². The summed E-state index contributed by atoms with van der Waals surface area (Å²) in [7, 11) is 0. The van der Waals surface area contributed by atoms with E-state index >= 15 is 0 Å². The SMILES string of the molecule is CC1CN(CC2COCCC2=O)CCCO1. The predicted molar refractivity (Wildman–Crippen MR) is 60.4 cm³/mol. The van der Waals surface area contributed by atoms with Crippen molar-refractivity contribution in [3.05, 3.63) is 0 Å². The van der Waals surface area contributed by atoms with E-state index in [1.54, 1.807) is 0 Å². The minimum Gasteiger partial charge on any atom is -0.380 e. The molecule has 92 valence electrons. The Morgan fingerprint density at radius 2 is 2.31 bits per heavy atom. The topological polar surface area (TPSA) is 38.8 Å². The fourth-order valence-electron chi connectivity index (χ4n) is 2.41. The summed E-state index contributed by atoms with van der Waals surface area (Å²) in [6.07, 6.45) is 1.93. The lowest BCUT2D eigenvalue weighted by Crippen LogP contribution is -2.40. The number of carbonyl (C=O) groups excluding carboxylic acids is 1. The van der Waals surface area contributed by atoms with Crippen molar-refractivity contribution < 1.29 is 14.3 Å². The van der Waals surface area contributed by atoms with Crippen LogP contribution in [-0.4, -0.2) is 56.2 Å². The Morgan fingerprint density at radius 1 is 1.44 bits per heavy atom. The van der Waals surface area contributed by atoms with Gasteiger partial charge in [-0.05, 0) is 13.3 Å². The highest BCUT2D eigenvalue weighted by atomic mass is 16.5. The molecule has 16 heavy (non-hydrogen) atoms. The molecular formula is C12H21NO3. The third-order valence-corrected chi connectivity index (χ3v) is 3.28. The highest BCUT2D eigenvalue weighted by molar-refractivity contribution is 5.82. The molecule has 2 rings (SSSR count). The van der Waals surface area contributed by atoms with Crippen molar-refractivity contribution >= 4 is 5.78 Å². The molecule has 0 aliphatic carbocycles. The summed E-state index contributed by atoms with van der Waals surface area (Å²) >= 11 is 0. The quantitative estimate of drug-likeness (QED) is 0.696.